The Hall–Kier alpha value is -3.33. The van der Waals surface area contributed by atoms with Crippen LogP contribution in [0.3, 0.4) is 0 Å². The molecule has 0 radical (unpaired) electrons. The lowest BCUT2D eigenvalue weighted by molar-refractivity contribution is -0.145. The summed E-state index contributed by atoms with van der Waals surface area (Å²) in [6.07, 6.45) is 6.93. The Balaban J connectivity index is 1.44. The van der Waals surface area contributed by atoms with Gasteiger partial charge in [-0.15, -0.1) is 0 Å². The molecule has 0 saturated heterocycles. The molecule has 3 aliphatic rings. The van der Waals surface area contributed by atoms with Crippen molar-refractivity contribution in [2.75, 3.05) is 20.2 Å². The summed E-state index contributed by atoms with van der Waals surface area (Å²) in [5.74, 6) is -2.29. The van der Waals surface area contributed by atoms with Crippen molar-refractivity contribution < 1.29 is 29.0 Å². The highest BCUT2D eigenvalue weighted by Crippen LogP contribution is 2.46. The van der Waals surface area contributed by atoms with Crippen molar-refractivity contribution in [1.82, 2.24) is 15.2 Å². The van der Waals surface area contributed by atoms with Gasteiger partial charge in [0.05, 0.1) is 29.0 Å². The van der Waals surface area contributed by atoms with Gasteiger partial charge in [0.15, 0.2) is 0 Å². The van der Waals surface area contributed by atoms with Gasteiger partial charge in [-0.1, -0.05) is 29.8 Å². The van der Waals surface area contributed by atoms with E-state index in [0.29, 0.717) is 53.5 Å². The second-order valence-electron chi connectivity index (χ2n) is 10.7. The average Bonchev–Trinajstić information content (AvgIpc) is 3.44. The Morgan fingerprint density at radius 1 is 1.26 bits per heavy atom. The number of hydrogen-bond donors (Lipinski definition) is 2. The monoisotopic (exact) mass is 555 g/mol. The summed E-state index contributed by atoms with van der Waals surface area (Å²) in [5.41, 5.74) is -0.776. The number of rotatable bonds is 5. The fourth-order valence-electron chi connectivity index (χ4n) is 5.85. The van der Waals surface area contributed by atoms with E-state index in [1.54, 1.807) is 24.1 Å². The Morgan fingerprint density at radius 2 is 2.05 bits per heavy atom. The number of ether oxygens (including phenoxy) is 2. The van der Waals surface area contributed by atoms with Gasteiger partial charge < -0.3 is 24.8 Å². The van der Waals surface area contributed by atoms with Crippen LogP contribution in [-0.4, -0.2) is 64.6 Å². The number of carbonyl (C=O) groups is 3. The van der Waals surface area contributed by atoms with Gasteiger partial charge in [0, 0.05) is 31.0 Å². The molecule has 10 heteroatoms. The van der Waals surface area contributed by atoms with Crippen LogP contribution in [0, 0.1) is 17.8 Å². The van der Waals surface area contributed by atoms with E-state index in [-0.39, 0.29) is 18.2 Å². The average molecular weight is 556 g/mol. The first-order valence-electron chi connectivity index (χ1n) is 13.6. The maximum absolute atomic E-state index is 13.6. The Bertz CT molecular complexity index is 1320. The van der Waals surface area contributed by atoms with E-state index in [1.807, 2.05) is 31.2 Å². The summed E-state index contributed by atoms with van der Waals surface area (Å²) in [6.45, 7) is 2.87. The minimum atomic E-state index is -1.32. The van der Waals surface area contributed by atoms with Crippen LogP contribution in [0.2, 0.25) is 5.02 Å². The number of aliphatic carboxylic acids is 1. The number of para-hydroxylation sites is 1. The SMILES string of the molecule is CCOc1cc(O[C@@H]2C[C@H]3C(=O)N[C@]4(C(=O)O)C[C@H]4/C=C\CCCCN(C)C(=O)[C@@H]3C2)c2cccc(Cl)c2n1. The number of amides is 2. The van der Waals surface area contributed by atoms with E-state index in [0.717, 1.165) is 19.3 Å². The van der Waals surface area contributed by atoms with Crippen LogP contribution in [0.15, 0.2) is 36.4 Å². The highest BCUT2D eigenvalue weighted by Gasteiger charge is 2.61. The predicted octanol–water partition coefficient (Wildman–Crippen LogP) is 4.22. The summed E-state index contributed by atoms with van der Waals surface area (Å²) in [7, 11) is 1.76. The van der Waals surface area contributed by atoms with Crippen molar-refractivity contribution in [3.8, 4) is 11.6 Å². The minimum absolute atomic E-state index is 0.122. The molecule has 39 heavy (non-hydrogen) atoms. The normalized spacial score (nSPS) is 30.1. The first-order chi connectivity index (χ1) is 18.7. The van der Waals surface area contributed by atoms with E-state index < -0.39 is 35.4 Å². The number of aromatic nitrogens is 1. The summed E-state index contributed by atoms with van der Waals surface area (Å²) in [6, 6.07) is 7.11. The van der Waals surface area contributed by atoms with Crippen LogP contribution >= 0.6 is 11.6 Å². The number of nitrogens with one attached hydrogen (secondary N) is 1. The number of fused-ring (bicyclic) bond motifs is 3. The molecule has 1 aliphatic heterocycles. The fourth-order valence-corrected chi connectivity index (χ4v) is 6.07. The van der Waals surface area contributed by atoms with Crippen molar-refractivity contribution in [2.45, 2.75) is 57.1 Å². The van der Waals surface area contributed by atoms with Gasteiger partial charge in [-0.2, -0.15) is 0 Å². The van der Waals surface area contributed by atoms with Crippen molar-refractivity contribution in [1.29, 1.82) is 0 Å². The second kappa shape index (κ2) is 11.0. The van der Waals surface area contributed by atoms with Crippen LogP contribution in [-0.2, 0) is 14.4 Å². The third kappa shape index (κ3) is 5.41. The van der Waals surface area contributed by atoms with E-state index >= 15 is 0 Å². The smallest absolute Gasteiger partial charge is 0.330 e. The molecule has 2 N–H and O–H groups in total. The summed E-state index contributed by atoms with van der Waals surface area (Å²) in [5, 5.41) is 13.9. The van der Waals surface area contributed by atoms with E-state index in [4.69, 9.17) is 21.1 Å². The molecule has 2 aliphatic carbocycles. The predicted molar refractivity (Wildman–Crippen MR) is 146 cm³/mol. The third-order valence-electron chi connectivity index (χ3n) is 8.09. The lowest BCUT2D eigenvalue weighted by Crippen LogP contribution is -2.49. The van der Waals surface area contributed by atoms with Crippen LogP contribution < -0.4 is 14.8 Å². The number of carboxylic acid groups (broad SMARTS) is 1. The number of nitrogens with zero attached hydrogens (tertiary/aromatic N) is 2. The quantitative estimate of drug-likeness (QED) is 0.530. The van der Waals surface area contributed by atoms with Gasteiger partial charge >= 0.3 is 5.97 Å². The number of carbonyl (C=O) groups excluding carboxylic acids is 2. The Morgan fingerprint density at radius 3 is 2.82 bits per heavy atom. The second-order valence-corrected chi connectivity index (χ2v) is 11.1. The van der Waals surface area contributed by atoms with E-state index in [9.17, 15) is 19.5 Å². The number of benzene rings is 1. The Kier molecular flexibility index (Phi) is 7.71. The van der Waals surface area contributed by atoms with Gasteiger partial charge in [0.1, 0.15) is 17.4 Å². The van der Waals surface area contributed by atoms with Crippen molar-refractivity contribution in [2.24, 2.45) is 17.8 Å². The zero-order valence-electron chi connectivity index (χ0n) is 22.2. The summed E-state index contributed by atoms with van der Waals surface area (Å²) in [4.78, 5) is 45.5. The molecule has 0 unspecified atom stereocenters. The molecule has 2 saturated carbocycles. The molecular weight excluding hydrogens is 522 g/mol. The number of allylic oxidation sites excluding steroid dienone is 1. The molecule has 5 rings (SSSR count). The van der Waals surface area contributed by atoms with Gasteiger partial charge in [-0.05, 0) is 57.6 Å². The van der Waals surface area contributed by atoms with Crippen LogP contribution in [0.5, 0.6) is 11.6 Å². The minimum Gasteiger partial charge on any atom is -0.489 e. The van der Waals surface area contributed by atoms with Crippen LogP contribution in [0.4, 0.5) is 0 Å². The largest absolute Gasteiger partial charge is 0.489 e. The van der Waals surface area contributed by atoms with Gasteiger partial charge in [0.2, 0.25) is 17.7 Å². The Labute approximate surface area is 232 Å². The third-order valence-corrected chi connectivity index (χ3v) is 8.39. The molecule has 9 nitrogen and oxygen atoms in total. The molecule has 2 aromatic rings. The number of hydrogen-bond acceptors (Lipinski definition) is 6. The topological polar surface area (TPSA) is 118 Å². The zero-order valence-corrected chi connectivity index (χ0v) is 22.9. The highest BCUT2D eigenvalue weighted by molar-refractivity contribution is 6.35. The van der Waals surface area contributed by atoms with Gasteiger partial charge in [-0.25, -0.2) is 9.78 Å². The number of pyridine rings is 1. The molecule has 2 heterocycles. The fraction of sp³-hybridized carbons (Fsp3) is 0.517. The molecule has 2 fully saturated rings. The molecule has 1 aromatic carbocycles. The first kappa shape index (κ1) is 27.2. The number of carboxylic acids is 1. The van der Waals surface area contributed by atoms with E-state index in [1.165, 1.54) is 0 Å². The lowest BCUT2D eigenvalue weighted by Gasteiger charge is -2.26. The van der Waals surface area contributed by atoms with Crippen LogP contribution in [0.25, 0.3) is 10.9 Å². The number of halogens is 1. The molecule has 1 aromatic heterocycles. The van der Waals surface area contributed by atoms with Gasteiger partial charge in [-0.3, -0.25) is 9.59 Å². The van der Waals surface area contributed by atoms with Crippen molar-refractivity contribution in [3.05, 3.63) is 41.4 Å². The molecule has 208 valence electrons. The molecular formula is C29H34ClN3O6. The zero-order chi connectivity index (χ0) is 27.7. The van der Waals surface area contributed by atoms with Gasteiger partial charge in [0.25, 0.3) is 0 Å². The molecule has 5 atom stereocenters. The summed E-state index contributed by atoms with van der Waals surface area (Å²) < 4.78 is 12.1. The summed E-state index contributed by atoms with van der Waals surface area (Å²) >= 11 is 6.42. The van der Waals surface area contributed by atoms with E-state index in [2.05, 4.69) is 10.3 Å². The maximum Gasteiger partial charge on any atom is 0.330 e. The van der Waals surface area contributed by atoms with Crippen molar-refractivity contribution >= 4 is 40.3 Å². The maximum atomic E-state index is 13.6. The molecule has 2 amide bonds. The first-order valence-corrected chi connectivity index (χ1v) is 14.0. The van der Waals surface area contributed by atoms with Crippen LogP contribution in [0.1, 0.15) is 45.4 Å². The van der Waals surface area contributed by atoms with Crippen molar-refractivity contribution in [3.63, 3.8) is 0 Å². The molecule has 0 bridgehead atoms. The molecule has 0 spiro atoms. The highest BCUT2D eigenvalue weighted by atomic mass is 35.5. The standard InChI is InChI=1S/C29H34ClN3O6/c1-3-38-24-15-23(19-10-8-11-22(30)25(19)31-24)39-18-13-20-21(14-18)27(35)33(2)12-7-5-4-6-9-17-16-29(17,28(36)37)32-26(20)34/h6,8-11,15,17-18,20-21H,3-5,7,12-14,16H2,1-2H3,(H,32,34)(H,36,37)/b9-6-/t17-,18-,20-,21-,29-/m1/s1. The lowest BCUT2D eigenvalue weighted by atomic mass is 9.93.